The Kier molecular flexibility index (Phi) is 7.68. The van der Waals surface area contributed by atoms with Gasteiger partial charge in [0.05, 0.1) is 35.7 Å². The molecule has 1 aromatic carbocycles. The van der Waals surface area contributed by atoms with Crippen LogP contribution in [0.25, 0.3) is 22.6 Å². The Morgan fingerprint density at radius 1 is 1.16 bits per heavy atom. The van der Waals surface area contributed by atoms with E-state index >= 15 is 0 Å². The van der Waals surface area contributed by atoms with E-state index in [0.717, 1.165) is 31.4 Å². The lowest BCUT2D eigenvalue weighted by atomic mass is 9.91. The average molecular weight is 524 g/mol. The first kappa shape index (κ1) is 26.2. The molecule has 0 bridgehead atoms. The van der Waals surface area contributed by atoms with E-state index < -0.39 is 11.7 Å². The van der Waals surface area contributed by atoms with E-state index in [0.29, 0.717) is 41.4 Å². The van der Waals surface area contributed by atoms with Crippen molar-refractivity contribution in [2.45, 2.75) is 38.5 Å². The van der Waals surface area contributed by atoms with Gasteiger partial charge in [0.2, 0.25) is 18.1 Å². The summed E-state index contributed by atoms with van der Waals surface area (Å²) in [5, 5.41) is 6.30. The van der Waals surface area contributed by atoms with E-state index in [9.17, 15) is 9.18 Å². The number of nitrogens with one attached hydrogen (secondary N) is 3. The number of H-pyrrole nitrogens is 1. The molecule has 10 nitrogen and oxygen atoms in total. The Hall–Kier alpha value is -3.41. The van der Waals surface area contributed by atoms with Crippen molar-refractivity contribution in [2.24, 2.45) is 5.41 Å². The van der Waals surface area contributed by atoms with Gasteiger partial charge in [0.1, 0.15) is 5.82 Å². The molecule has 202 valence electrons. The van der Waals surface area contributed by atoms with E-state index in [1.165, 1.54) is 12.1 Å². The fourth-order valence-electron chi connectivity index (χ4n) is 4.19. The number of benzene rings is 1. The molecule has 0 unspecified atom stereocenters. The highest BCUT2D eigenvalue weighted by Crippen LogP contribution is 2.36. The van der Waals surface area contributed by atoms with Gasteiger partial charge >= 0.3 is 0 Å². The van der Waals surface area contributed by atoms with Gasteiger partial charge in [-0.3, -0.25) is 4.79 Å². The van der Waals surface area contributed by atoms with E-state index in [2.05, 4.69) is 30.5 Å². The highest BCUT2D eigenvalue weighted by molar-refractivity contribution is 5.82. The minimum Gasteiger partial charge on any atom is -0.355 e. The minimum absolute atomic E-state index is 0.0986. The predicted molar refractivity (Wildman–Crippen MR) is 141 cm³/mol. The summed E-state index contributed by atoms with van der Waals surface area (Å²) in [6.07, 6.45) is 3.97. The number of hydrogen-bond acceptors (Lipinski definition) is 8. The quantitative estimate of drug-likeness (QED) is 0.347. The van der Waals surface area contributed by atoms with Crippen LogP contribution < -0.4 is 10.6 Å². The molecule has 2 aliphatic rings. The van der Waals surface area contributed by atoms with Crippen LogP contribution in [-0.4, -0.2) is 77.2 Å². The summed E-state index contributed by atoms with van der Waals surface area (Å²) in [5.41, 5.74) is 1.79. The van der Waals surface area contributed by atoms with Crippen molar-refractivity contribution in [3.63, 3.8) is 0 Å². The topological polar surface area (TPSA) is 117 Å². The molecule has 1 saturated carbocycles. The lowest BCUT2D eigenvalue weighted by Gasteiger charge is -2.35. The summed E-state index contributed by atoms with van der Waals surface area (Å²) in [7, 11) is 4.00. The van der Waals surface area contributed by atoms with Gasteiger partial charge in [-0.2, -0.15) is 0 Å². The first-order valence-electron chi connectivity index (χ1n) is 12.9. The van der Waals surface area contributed by atoms with Crippen molar-refractivity contribution >= 4 is 11.9 Å². The maximum atomic E-state index is 13.6. The Morgan fingerprint density at radius 2 is 1.89 bits per heavy atom. The number of amides is 1. The molecule has 2 aromatic heterocycles. The van der Waals surface area contributed by atoms with Gasteiger partial charge in [-0.15, -0.1) is 0 Å². The van der Waals surface area contributed by atoms with Gasteiger partial charge in [0.15, 0.2) is 5.82 Å². The van der Waals surface area contributed by atoms with Crippen molar-refractivity contribution < 1.29 is 18.7 Å². The molecule has 0 atom stereocenters. The Balaban J connectivity index is 1.34. The number of nitrogens with zero attached hydrogens (tertiary/aromatic N) is 4. The molecule has 2 fully saturated rings. The second kappa shape index (κ2) is 11.1. The largest absolute Gasteiger partial charge is 0.355 e. The molecule has 1 amide bonds. The number of anilines is 1. The molecule has 3 heterocycles. The predicted octanol–water partition coefficient (Wildman–Crippen LogP) is 3.37. The van der Waals surface area contributed by atoms with Crippen molar-refractivity contribution in [3.05, 3.63) is 48.2 Å². The SMILES string of the molecule is CN(C)CCCNC(=O)C1(C)COC(c2nc(-c3ccc(F)cc3)c(-c3ccnc(NC4CC4)n3)[nH]2)OC1. The monoisotopic (exact) mass is 523 g/mol. The Labute approximate surface area is 221 Å². The van der Waals surface area contributed by atoms with E-state index in [4.69, 9.17) is 14.5 Å². The number of hydrogen-bond donors (Lipinski definition) is 3. The second-order valence-electron chi connectivity index (χ2n) is 10.5. The van der Waals surface area contributed by atoms with Crippen LogP contribution in [0.5, 0.6) is 0 Å². The molecule has 1 aliphatic carbocycles. The molecule has 3 N–H and O–H groups in total. The van der Waals surface area contributed by atoms with Crippen molar-refractivity contribution in [1.82, 2.24) is 30.2 Å². The van der Waals surface area contributed by atoms with E-state index in [-0.39, 0.29) is 24.9 Å². The fourth-order valence-corrected chi connectivity index (χ4v) is 4.19. The minimum atomic E-state index is -0.806. The molecule has 0 radical (unpaired) electrons. The third-order valence-corrected chi connectivity index (χ3v) is 6.61. The van der Waals surface area contributed by atoms with Crippen LogP contribution >= 0.6 is 0 Å². The van der Waals surface area contributed by atoms with Crippen molar-refractivity contribution in [3.8, 4) is 22.6 Å². The molecule has 1 saturated heterocycles. The van der Waals surface area contributed by atoms with Gasteiger partial charge in [0, 0.05) is 24.3 Å². The zero-order valence-electron chi connectivity index (χ0n) is 22.0. The number of carbonyl (C=O) groups excluding carboxylic acids is 1. The van der Waals surface area contributed by atoms with Gasteiger partial charge in [-0.05, 0) is 77.2 Å². The maximum Gasteiger partial charge on any atom is 0.230 e. The molecule has 1 aliphatic heterocycles. The number of imidazole rings is 1. The van der Waals surface area contributed by atoms with Gasteiger partial charge < -0.3 is 30.0 Å². The van der Waals surface area contributed by atoms with Crippen LogP contribution in [0.2, 0.25) is 0 Å². The summed E-state index contributed by atoms with van der Waals surface area (Å²) in [4.78, 5) is 32.0. The smallest absolute Gasteiger partial charge is 0.230 e. The first-order chi connectivity index (χ1) is 18.3. The number of rotatable bonds is 10. The standard InChI is InChI=1S/C27H34FN7O3/c1-27(25(36)29-12-4-14-35(2)3)15-37-24(38-16-27)23-33-21(17-5-7-18(28)8-6-17)22(34-23)20-11-13-30-26(32-20)31-19-9-10-19/h5-8,11,13,19,24H,4,9-10,12,14-16H2,1-3H3,(H,29,36)(H,33,34)(H,30,31,32). The average Bonchev–Trinajstić information content (AvgIpc) is 3.61. The third kappa shape index (κ3) is 6.17. The highest BCUT2D eigenvalue weighted by atomic mass is 19.1. The highest BCUT2D eigenvalue weighted by Gasteiger charge is 2.40. The van der Waals surface area contributed by atoms with Crippen molar-refractivity contribution in [1.29, 1.82) is 0 Å². The molecular weight excluding hydrogens is 489 g/mol. The number of halogens is 1. The number of carbonyl (C=O) groups is 1. The van der Waals surface area contributed by atoms with E-state index in [1.807, 2.05) is 21.0 Å². The summed E-state index contributed by atoms with van der Waals surface area (Å²) in [5.74, 6) is 0.563. The number of aromatic nitrogens is 4. The summed E-state index contributed by atoms with van der Waals surface area (Å²) >= 11 is 0. The third-order valence-electron chi connectivity index (χ3n) is 6.61. The molecule has 38 heavy (non-hydrogen) atoms. The molecule has 11 heteroatoms. The summed E-state index contributed by atoms with van der Waals surface area (Å²) < 4.78 is 25.6. The lowest BCUT2D eigenvalue weighted by Crippen LogP contribution is -2.49. The number of ether oxygens (including phenoxy) is 2. The zero-order valence-corrected chi connectivity index (χ0v) is 22.0. The van der Waals surface area contributed by atoms with Crippen LogP contribution in [0.15, 0.2) is 36.5 Å². The lowest BCUT2D eigenvalue weighted by molar-refractivity contribution is -0.231. The molecular formula is C27H34FN7O3. The van der Waals surface area contributed by atoms with Crippen LogP contribution in [0, 0.1) is 11.2 Å². The van der Waals surface area contributed by atoms with Crippen molar-refractivity contribution in [2.75, 3.05) is 45.7 Å². The van der Waals surface area contributed by atoms with Gasteiger partial charge in [0.25, 0.3) is 0 Å². The normalized spacial score (nSPS) is 21.4. The first-order valence-corrected chi connectivity index (χ1v) is 12.9. The Morgan fingerprint density at radius 3 is 2.58 bits per heavy atom. The van der Waals surface area contributed by atoms with Gasteiger partial charge in [-0.25, -0.2) is 19.3 Å². The fraction of sp³-hybridized carbons (Fsp3) is 0.481. The molecule has 0 spiro atoms. The zero-order chi connectivity index (χ0) is 26.7. The van der Waals surface area contributed by atoms with Crippen LogP contribution in [0.1, 0.15) is 38.3 Å². The van der Waals surface area contributed by atoms with Gasteiger partial charge in [-0.1, -0.05) is 0 Å². The summed E-state index contributed by atoms with van der Waals surface area (Å²) in [6.45, 7) is 3.68. The maximum absolute atomic E-state index is 13.6. The molecule has 3 aromatic rings. The summed E-state index contributed by atoms with van der Waals surface area (Å²) in [6, 6.07) is 8.33. The van der Waals surface area contributed by atoms with Crippen LogP contribution in [0.4, 0.5) is 10.3 Å². The number of aromatic amines is 1. The van der Waals surface area contributed by atoms with Crippen LogP contribution in [-0.2, 0) is 14.3 Å². The molecule has 5 rings (SSSR count). The second-order valence-corrected chi connectivity index (χ2v) is 10.5. The Bertz CT molecular complexity index is 1250. The van der Waals surface area contributed by atoms with E-state index in [1.54, 1.807) is 24.4 Å². The van der Waals surface area contributed by atoms with Crippen LogP contribution in [0.3, 0.4) is 0 Å².